The summed E-state index contributed by atoms with van der Waals surface area (Å²) in [6, 6.07) is 14.0. The van der Waals surface area contributed by atoms with Gasteiger partial charge in [-0.1, -0.05) is 36.8 Å². The van der Waals surface area contributed by atoms with Crippen LogP contribution in [0, 0.1) is 18.6 Å². The Hall–Kier alpha value is -3.28. The van der Waals surface area contributed by atoms with Crippen LogP contribution in [0.15, 0.2) is 54.7 Å². The van der Waals surface area contributed by atoms with Gasteiger partial charge in [-0.15, -0.1) is 0 Å². The predicted octanol–water partition coefficient (Wildman–Crippen LogP) is 6.36. The van der Waals surface area contributed by atoms with Crippen LogP contribution in [0.5, 0.6) is 5.88 Å². The van der Waals surface area contributed by atoms with E-state index in [4.69, 9.17) is 4.74 Å². The first kappa shape index (κ1) is 23.4. The smallest absolute Gasteiger partial charge is 0.305 e. The van der Waals surface area contributed by atoms with Crippen molar-refractivity contribution >= 4 is 5.97 Å². The Kier molecular flexibility index (Phi) is 7.92. The van der Waals surface area contributed by atoms with Crippen LogP contribution in [0.1, 0.15) is 48.8 Å². The van der Waals surface area contributed by atoms with E-state index in [-0.39, 0.29) is 23.9 Å². The zero-order valence-electron chi connectivity index (χ0n) is 18.5. The number of carbonyl (C=O) groups is 1. The van der Waals surface area contributed by atoms with Crippen LogP contribution >= 0.6 is 0 Å². The summed E-state index contributed by atoms with van der Waals surface area (Å²) in [5.74, 6) is -1.65. The van der Waals surface area contributed by atoms with E-state index >= 15 is 0 Å². The Morgan fingerprint density at radius 1 is 1.09 bits per heavy atom. The quantitative estimate of drug-likeness (QED) is 0.364. The van der Waals surface area contributed by atoms with E-state index in [1.54, 1.807) is 25.3 Å². The number of benzene rings is 2. The lowest BCUT2D eigenvalue weighted by molar-refractivity contribution is -0.140. The molecule has 1 unspecified atom stereocenters. The number of carbonyl (C=O) groups excluding carboxylic acids is 1. The molecule has 0 radical (unpaired) electrons. The fourth-order valence-electron chi connectivity index (χ4n) is 3.57. The second-order valence-electron chi connectivity index (χ2n) is 7.85. The molecule has 32 heavy (non-hydrogen) atoms. The number of halogens is 2. The van der Waals surface area contributed by atoms with Gasteiger partial charge in [0.2, 0.25) is 5.88 Å². The van der Waals surface area contributed by atoms with E-state index in [1.165, 1.54) is 19.2 Å². The highest BCUT2D eigenvalue weighted by atomic mass is 19.1. The summed E-state index contributed by atoms with van der Waals surface area (Å²) >= 11 is 0. The molecule has 1 aromatic heterocycles. The average Bonchev–Trinajstić information content (AvgIpc) is 2.78. The van der Waals surface area contributed by atoms with Gasteiger partial charge in [0, 0.05) is 23.7 Å². The molecule has 0 amide bonds. The van der Waals surface area contributed by atoms with Crippen molar-refractivity contribution < 1.29 is 23.0 Å². The standard InChI is InChI=1S/C26H27F2NO3/c1-17-9-11-19(12-10-17)16-32-26-21(7-5-13-29-26)20-14-22(27)25(23(28)15-20)18(2)6-4-8-24(30)31-3/h5,7,9-15,18H,4,6,8,16H2,1-3H3. The lowest BCUT2D eigenvalue weighted by atomic mass is 9.92. The summed E-state index contributed by atoms with van der Waals surface area (Å²) in [5.41, 5.74) is 3.02. The molecule has 3 aromatic rings. The molecule has 2 aromatic carbocycles. The fraction of sp³-hybridized carbons (Fsp3) is 0.308. The van der Waals surface area contributed by atoms with Crippen molar-refractivity contribution in [3.8, 4) is 17.0 Å². The number of methoxy groups -OCH3 is 1. The molecule has 0 saturated heterocycles. The Bertz CT molecular complexity index is 1040. The van der Waals surface area contributed by atoms with Crippen LogP contribution in [0.25, 0.3) is 11.1 Å². The van der Waals surface area contributed by atoms with E-state index in [0.29, 0.717) is 36.5 Å². The Balaban J connectivity index is 1.78. The summed E-state index contributed by atoms with van der Waals surface area (Å²) in [6.07, 6.45) is 2.77. The number of pyridine rings is 1. The molecule has 1 heterocycles. The molecule has 0 spiro atoms. The number of hydrogen-bond donors (Lipinski definition) is 0. The van der Waals surface area contributed by atoms with Crippen molar-refractivity contribution in [1.82, 2.24) is 4.98 Å². The molecule has 168 valence electrons. The summed E-state index contributed by atoms with van der Waals surface area (Å²) < 4.78 is 40.3. The molecule has 0 aliphatic rings. The minimum Gasteiger partial charge on any atom is -0.472 e. The Morgan fingerprint density at radius 2 is 1.78 bits per heavy atom. The molecule has 6 heteroatoms. The maximum absolute atomic E-state index is 14.9. The summed E-state index contributed by atoms with van der Waals surface area (Å²) in [4.78, 5) is 15.5. The highest BCUT2D eigenvalue weighted by molar-refractivity contribution is 5.69. The van der Waals surface area contributed by atoms with Gasteiger partial charge in [-0.05, 0) is 61.1 Å². The van der Waals surface area contributed by atoms with E-state index in [9.17, 15) is 13.6 Å². The van der Waals surface area contributed by atoms with Crippen molar-refractivity contribution in [2.75, 3.05) is 7.11 Å². The van der Waals surface area contributed by atoms with Gasteiger partial charge < -0.3 is 9.47 Å². The first-order chi connectivity index (χ1) is 15.4. The summed E-state index contributed by atoms with van der Waals surface area (Å²) in [6.45, 7) is 4.05. The third-order valence-electron chi connectivity index (χ3n) is 5.40. The molecular formula is C26H27F2NO3. The number of hydrogen-bond acceptors (Lipinski definition) is 4. The third-order valence-corrected chi connectivity index (χ3v) is 5.40. The maximum atomic E-state index is 14.9. The predicted molar refractivity (Wildman–Crippen MR) is 119 cm³/mol. The minimum absolute atomic E-state index is 0.0182. The third kappa shape index (κ3) is 5.90. The molecule has 3 rings (SSSR count). The van der Waals surface area contributed by atoms with Crippen LogP contribution < -0.4 is 4.74 Å². The molecule has 0 aliphatic heterocycles. The van der Waals surface area contributed by atoms with Gasteiger partial charge in [-0.3, -0.25) is 4.79 Å². The van der Waals surface area contributed by atoms with E-state index in [2.05, 4.69) is 9.72 Å². The van der Waals surface area contributed by atoms with Crippen molar-refractivity contribution in [1.29, 1.82) is 0 Å². The number of aryl methyl sites for hydroxylation is 1. The number of aromatic nitrogens is 1. The second kappa shape index (κ2) is 10.8. The van der Waals surface area contributed by atoms with Gasteiger partial charge in [0.05, 0.1) is 7.11 Å². The average molecular weight is 440 g/mol. The van der Waals surface area contributed by atoms with Gasteiger partial charge in [0.25, 0.3) is 0 Å². The normalized spacial score (nSPS) is 11.8. The van der Waals surface area contributed by atoms with Crippen molar-refractivity contribution in [3.05, 3.63) is 83.1 Å². The first-order valence-electron chi connectivity index (χ1n) is 10.6. The topological polar surface area (TPSA) is 48.4 Å². The number of ether oxygens (including phenoxy) is 2. The molecule has 0 fully saturated rings. The Labute approximate surface area is 187 Å². The van der Waals surface area contributed by atoms with E-state index < -0.39 is 11.6 Å². The highest BCUT2D eigenvalue weighted by Gasteiger charge is 2.20. The number of esters is 1. The summed E-state index contributed by atoms with van der Waals surface area (Å²) in [7, 11) is 1.32. The highest BCUT2D eigenvalue weighted by Crippen LogP contribution is 2.34. The van der Waals surface area contributed by atoms with Gasteiger partial charge in [0.15, 0.2) is 0 Å². The molecule has 1 atom stereocenters. The van der Waals surface area contributed by atoms with Crippen LogP contribution in [-0.2, 0) is 16.1 Å². The van der Waals surface area contributed by atoms with Crippen LogP contribution in [0.2, 0.25) is 0 Å². The van der Waals surface area contributed by atoms with Crippen molar-refractivity contribution in [2.24, 2.45) is 0 Å². The zero-order valence-corrected chi connectivity index (χ0v) is 18.5. The van der Waals surface area contributed by atoms with Crippen molar-refractivity contribution in [2.45, 2.75) is 45.6 Å². The number of nitrogens with zero attached hydrogens (tertiary/aromatic N) is 1. The molecule has 0 saturated carbocycles. The lowest BCUT2D eigenvalue weighted by Gasteiger charge is -2.16. The van der Waals surface area contributed by atoms with Crippen LogP contribution in [0.3, 0.4) is 0 Å². The zero-order chi connectivity index (χ0) is 23.1. The lowest BCUT2D eigenvalue weighted by Crippen LogP contribution is -2.05. The number of rotatable bonds is 9. The largest absolute Gasteiger partial charge is 0.472 e. The molecule has 4 nitrogen and oxygen atoms in total. The fourth-order valence-corrected chi connectivity index (χ4v) is 3.57. The van der Waals surface area contributed by atoms with Gasteiger partial charge in [-0.2, -0.15) is 0 Å². The second-order valence-corrected chi connectivity index (χ2v) is 7.85. The summed E-state index contributed by atoms with van der Waals surface area (Å²) in [5, 5.41) is 0. The van der Waals surface area contributed by atoms with Crippen LogP contribution in [-0.4, -0.2) is 18.1 Å². The molecule has 0 N–H and O–H groups in total. The van der Waals surface area contributed by atoms with Crippen molar-refractivity contribution in [3.63, 3.8) is 0 Å². The van der Waals surface area contributed by atoms with Gasteiger partial charge in [0.1, 0.15) is 18.2 Å². The SMILES string of the molecule is COC(=O)CCCC(C)c1c(F)cc(-c2cccnc2OCc2ccc(C)cc2)cc1F. The van der Waals surface area contributed by atoms with Crippen LogP contribution in [0.4, 0.5) is 8.78 Å². The van der Waals surface area contributed by atoms with Gasteiger partial charge >= 0.3 is 5.97 Å². The Morgan fingerprint density at radius 3 is 2.44 bits per heavy atom. The molecule has 0 aliphatic carbocycles. The van der Waals surface area contributed by atoms with Gasteiger partial charge in [-0.25, -0.2) is 13.8 Å². The van der Waals surface area contributed by atoms with E-state index in [1.807, 2.05) is 31.2 Å². The minimum atomic E-state index is -0.626. The van der Waals surface area contributed by atoms with E-state index in [0.717, 1.165) is 11.1 Å². The first-order valence-corrected chi connectivity index (χ1v) is 10.6. The molecule has 0 bridgehead atoms. The monoisotopic (exact) mass is 439 g/mol. The molecular weight excluding hydrogens is 412 g/mol. The maximum Gasteiger partial charge on any atom is 0.305 e.